The molecule has 0 atom stereocenters. The summed E-state index contributed by atoms with van der Waals surface area (Å²) in [7, 11) is 0. The maximum atomic E-state index is 10.3. The van der Waals surface area contributed by atoms with Gasteiger partial charge in [0, 0.05) is 6.42 Å². The molecule has 0 amide bonds. The number of carboxylic acids is 1. The van der Waals surface area contributed by atoms with Gasteiger partial charge < -0.3 is 17.5 Å². The Labute approximate surface area is 154 Å². The van der Waals surface area contributed by atoms with Crippen molar-refractivity contribution in [3.05, 3.63) is 0 Å². The minimum atomic E-state index is -0.655. The van der Waals surface area contributed by atoms with Crippen LogP contribution in [0.15, 0.2) is 0 Å². The number of carbonyl (C=O) groups is 1. The van der Waals surface area contributed by atoms with Crippen LogP contribution >= 0.6 is 0 Å². The molecule has 0 aromatic heterocycles. The van der Waals surface area contributed by atoms with E-state index in [2.05, 4.69) is 6.92 Å². The van der Waals surface area contributed by atoms with Gasteiger partial charge in [-0.15, -0.1) is 0 Å². The first-order valence-corrected chi connectivity index (χ1v) is 7.99. The molecule has 0 rings (SSSR count). The van der Waals surface area contributed by atoms with E-state index in [4.69, 9.17) is 5.11 Å². The van der Waals surface area contributed by atoms with Crippen LogP contribution in [0.3, 0.4) is 0 Å². The fourth-order valence-electron chi connectivity index (χ4n) is 2.29. The van der Waals surface area contributed by atoms with Gasteiger partial charge in [-0.25, -0.2) is 0 Å². The summed E-state index contributed by atoms with van der Waals surface area (Å²) in [5.41, 5.74) is 0. The van der Waals surface area contributed by atoms with E-state index in [1.54, 1.807) is 0 Å². The van der Waals surface area contributed by atoms with Gasteiger partial charge in [0.2, 0.25) is 0 Å². The van der Waals surface area contributed by atoms with Gasteiger partial charge in [-0.3, -0.25) is 4.79 Å². The zero-order chi connectivity index (χ0) is 13.5. The Morgan fingerprint density at radius 3 is 1.30 bits per heavy atom. The molecule has 4 heteroatoms. The summed E-state index contributed by atoms with van der Waals surface area (Å²) in [6, 6.07) is 0. The van der Waals surface area contributed by atoms with E-state index in [9.17, 15) is 4.79 Å². The van der Waals surface area contributed by atoms with Crippen LogP contribution < -0.4 is 42.0 Å². The summed E-state index contributed by atoms with van der Waals surface area (Å²) in [6.45, 7) is 2.26. The largest absolute Gasteiger partial charge is 1.00 e. The Kier molecular flexibility index (Phi) is 28.3. The molecule has 0 saturated carbocycles. The van der Waals surface area contributed by atoms with Gasteiger partial charge in [0.1, 0.15) is 0 Å². The maximum absolute atomic E-state index is 10.3. The average molecular weight is 315 g/mol. The van der Waals surface area contributed by atoms with E-state index < -0.39 is 5.97 Å². The van der Waals surface area contributed by atoms with Crippen molar-refractivity contribution < 1.29 is 51.9 Å². The van der Waals surface area contributed by atoms with Crippen LogP contribution in [-0.4, -0.2) is 11.1 Å². The maximum Gasteiger partial charge on any atom is 1.00 e. The van der Waals surface area contributed by atoms with Gasteiger partial charge in [-0.05, 0) is 6.42 Å². The molecule has 0 aliphatic rings. The topological polar surface area (TPSA) is 37.3 Å². The van der Waals surface area contributed by atoms with Crippen molar-refractivity contribution in [2.75, 3.05) is 0 Å². The predicted octanol–water partition coefficient (Wildman–Crippen LogP) is -0.440. The summed E-state index contributed by atoms with van der Waals surface area (Å²) in [6.07, 6.45) is 17.3. The van der Waals surface area contributed by atoms with Gasteiger partial charge in [-0.2, -0.15) is 0 Å². The molecule has 0 aromatic carbocycles. The Bertz CT molecular complexity index is 189. The van der Waals surface area contributed by atoms with E-state index >= 15 is 0 Å². The van der Waals surface area contributed by atoms with Crippen molar-refractivity contribution in [2.24, 2.45) is 0 Å². The number of unbranched alkanes of at least 4 members (excludes halogenated alkanes) is 12. The van der Waals surface area contributed by atoms with Gasteiger partial charge in [0.05, 0.1) is 0 Å². The van der Waals surface area contributed by atoms with Gasteiger partial charge in [0.25, 0.3) is 0 Å². The van der Waals surface area contributed by atoms with Crippen LogP contribution in [0.4, 0.5) is 0 Å². The first-order chi connectivity index (χ1) is 8.77. The standard InChI is InChI=1S/C16H32O2.ClH.Na/c1-2-3-4-5-6-7-8-9-10-11-12-13-14-15-16(17)18;;/h2-15H2,1H3,(H,17,18);1H;/q;;+1/p-1. The number of hydrogen-bond acceptors (Lipinski definition) is 1. The quantitative estimate of drug-likeness (QED) is 0.349. The van der Waals surface area contributed by atoms with E-state index in [0.29, 0.717) is 6.42 Å². The molecule has 20 heavy (non-hydrogen) atoms. The molecular formula is C16H32ClNaO2. The molecular weight excluding hydrogens is 283 g/mol. The summed E-state index contributed by atoms with van der Waals surface area (Å²) in [4.78, 5) is 10.3. The zero-order valence-corrected chi connectivity index (χ0v) is 16.4. The van der Waals surface area contributed by atoms with E-state index in [1.807, 2.05) is 0 Å². The van der Waals surface area contributed by atoms with Crippen LogP contribution in [0.2, 0.25) is 0 Å². The van der Waals surface area contributed by atoms with Crippen LogP contribution in [-0.2, 0) is 4.79 Å². The van der Waals surface area contributed by atoms with Crippen molar-refractivity contribution in [2.45, 2.75) is 96.8 Å². The third kappa shape index (κ3) is 23.8. The molecule has 0 heterocycles. The molecule has 0 saturated heterocycles. The van der Waals surface area contributed by atoms with Gasteiger partial charge >= 0.3 is 35.5 Å². The Morgan fingerprint density at radius 1 is 0.700 bits per heavy atom. The van der Waals surface area contributed by atoms with Crippen molar-refractivity contribution in [1.82, 2.24) is 0 Å². The number of carboxylic acid groups (broad SMARTS) is 1. The SMILES string of the molecule is CCCCCCCCCCCCCCCC(=O)O.[Cl-].[Na+]. The molecule has 0 radical (unpaired) electrons. The zero-order valence-electron chi connectivity index (χ0n) is 13.6. The summed E-state index contributed by atoms with van der Waals surface area (Å²) >= 11 is 0. The molecule has 2 nitrogen and oxygen atoms in total. The fraction of sp³-hybridized carbons (Fsp3) is 0.938. The number of rotatable bonds is 14. The Balaban J connectivity index is -0.00000144. The second-order valence-corrected chi connectivity index (χ2v) is 5.39. The van der Waals surface area contributed by atoms with Crippen LogP contribution in [0.1, 0.15) is 96.8 Å². The van der Waals surface area contributed by atoms with E-state index in [1.165, 1.54) is 70.6 Å². The van der Waals surface area contributed by atoms with Gasteiger partial charge in [0.15, 0.2) is 0 Å². The molecule has 0 fully saturated rings. The predicted molar refractivity (Wildman–Crippen MR) is 77.9 cm³/mol. The third-order valence-corrected chi connectivity index (χ3v) is 3.49. The molecule has 0 bridgehead atoms. The Morgan fingerprint density at radius 2 is 1.00 bits per heavy atom. The first-order valence-electron chi connectivity index (χ1n) is 7.99. The summed E-state index contributed by atoms with van der Waals surface area (Å²) in [5, 5.41) is 8.49. The minimum Gasteiger partial charge on any atom is -1.00 e. The van der Waals surface area contributed by atoms with Crippen LogP contribution in [0.25, 0.3) is 0 Å². The monoisotopic (exact) mass is 314 g/mol. The minimum absolute atomic E-state index is 0. The molecule has 0 aromatic rings. The third-order valence-electron chi connectivity index (χ3n) is 3.49. The Hall–Kier alpha value is 0.760. The normalized spacial score (nSPS) is 9.65. The molecule has 0 unspecified atom stereocenters. The fourth-order valence-corrected chi connectivity index (χ4v) is 2.29. The van der Waals surface area contributed by atoms with Crippen molar-refractivity contribution >= 4 is 5.97 Å². The smallest absolute Gasteiger partial charge is 1.00 e. The van der Waals surface area contributed by atoms with Gasteiger partial charge in [-0.1, -0.05) is 84.0 Å². The summed E-state index contributed by atoms with van der Waals surface area (Å²) in [5.74, 6) is -0.655. The number of halogens is 1. The molecule has 0 spiro atoms. The molecule has 0 aliphatic carbocycles. The molecule has 1 N–H and O–H groups in total. The average Bonchev–Trinajstić information content (AvgIpc) is 2.34. The van der Waals surface area contributed by atoms with E-state index in [0.717, 1.165) is 12.8 Å². The number of hydrogen-bond donors (Lipinski definition) is 1. The molecule has 116 valence electrons. The van der Waals surface area contributed by atoms with Crippen molar-refractivity contribution in [1.29, 1.82) is 0 Å². The second-order valence-electron chi connectivity index (χ2n) is 5.39. The summed E-state index contributed by atoms with van der Waals surface area (Å²) < 4.78 is 0. The second kappa shape index (κ2) is 22.0. The van der Waals surface area contributed by atoms with Crippen LogP contribution in [0.5, 0.6) is 0 Å². The van der Waals surface area contributed by atoms with Crippen molar-refractivity contribution in [3.63, 3.8) is 0 Å². The van der Waals surface area contributed by atoms with E-state index in [-0.39, 0.29) is 42.0 Å². The molecule has 0 aliphatic heterocycles. The first kappa shape index (κ1) is 25.7. The number of aliphatic carboxylic acids is 1. The van der Waals surface area contributed by atoms with Crippen LogP contribution in [0, 0.1) is 0 Å². The van der Waals surface area contributed by atoms with Crippen molar-refractivity contribution in [3.8, 4) is 0 Å².